The molecule has 0 aromatic heterocycles. The molecule has 2 aromatic carbocycles. The van der Waals surface area contributed by atoms with Gasteiger partial charge in [0.1, 0.15) is 35.6 Å². The van der Waals surface area contributed by atoms with E-state index in [-0.39, 0.29) is 58.4 Å². The number of ether oxygens (including phenoxy) is 3. The predicted octanol–water partition coefficient (Wildman–Crippen LogP) is 1.11. The van der Waals surface area contributed by atoms with Gasteiger partial charge in [-0.15, -0.1) is 0 Å². The van der Waals surface area contributed by atoms with Crippen molar-refractivity contribution in [3.05, 3.63) is 62.7 Å². The number of phenolic OH excluding ortho intramolecular Hbond substituents is 2. The first-order chi connectivity index (χ1) is 23.7. The lowest BCUT2D eigenvalue weighted by Crippen LogP contribution is -2.56. The Labute approximate surface area is 285 Å². The van der Waals surface area contributed by atoms with E-state index in [0.717, 1.165) is 0 Å². The van der Waals surface area contributed by atoms with Gasteiger partial charge in [-0.05, 0) is 38.7 Å². The molecule has 2 aromatic rings. The molecule has 6 rings (SSSR count). The molecule has 1 saturated heterocycles. The lowest BCUT2D eigenvalue weighted by Gasteiger charge is -2.43. The average Bonchev–Trinajstić information content (AvgIpc) is 3.09. The molecular formula is C35H37NO14. The Bertz CT molecular complexity index is 1850. The molecule has 0 bridgehead atoms. The Balaban J connectivity index is 1.39. The minimum Gasteiger partial charge on any atom is -0.507 e. The molecule has 0 saturated carbocycles. The topological polar surface area (TPSA) is 246 Å². The number of ketones is 3. The molecule has 1 heterocycles. The summed E-state index contributed by atoms with van der Waals surface area (Å²) in [4.78, 5) is 65.5. The molecule has 3 aliphatic carbocycles. The third-order valence-corrected chi connectivity index (χ3v) is 10.1. The van der Waals surface area contributed by atoms with Crippen LogP contribution in [-0.4, -0.2) is 104 Å². The van der Waals surface area contributed by atoms with Gasteiger partial charge in [-0.25, -0.2) is 4.79 Å². The van der Waals surface area contributed by atoms with Gasteiger partial charge in [0.2, 0.25) is 11.7 Å². The van der Waals surface area contributed by atoms with Gasteiger partial charge in [0.25, 0.3) is 0 Å². The van der Waals surface area contributed by atoms with Crippen molar-refractivity contribution >= 4 is 29.2 Å². The van der Waals surface area contributed by atoms with Crippen LogP contribution in [0.3, 0.4) is 0 Å². The average molecular weight is 696 g/mol. The fourth-order valence-corrected chi connectivity index (χ4v) is 7.51. The van der Waals surface area contributed by atoms with Crippen LogP contribution in [0.25, 0.3) is 0 Å². The van der Waals surface area contributed by atoms with Crippen LogP contribution < -0.4 is 10.1 Å². The van der Waals surface area contributed by atoms with E-state index in [0.29, 0.717) is 12.8 Å². The second-order valence-electron chi connectivity index (χ2n) is 13.0. The molecule has 1 fully saturated rings. The zero-order valence-electron chi connectivity index (χ0n) is 27.2. The van der Waals surface area contributed by atoms with Crippen molar-refractivity contribution in [1.29, 1.82) is 0 Å². The Kier molecular flexibility index (Phi) is 9.30. The minimum absolute atomic E-state index is 0.00492. The lowest BCUT2D eigenvalue weighted by molar-refractivity contribution is -0.249. The summed E-state index contributed by atoms with van der Waals surface area (Å²) in [6.45, 7) is 0.406. The smallest absolute Gasteiger partial charge is 0.332 e. The number of carboxylic acid groups (broad SMARTS) is 1. The van der Waals surface area contributed by atoms with Crippen LogP contribution in [-0.2, 0) is 30.3 Å². The normalized spacial score (nSPS) is 27.6. The summed E-state index contributed by atoms with van der Waals surface area (Å²) < 4.78 is 17.4. The van der Waals surface area contributed by atoms with Gasteiger partial charge < -0.3 is 50.2 Å². The lowest BCUT2D eigenvalue weighted by atomic mass is 9.72. The van der Waals surface area contributed by atoms with E-state index in [1.54, 1.807) is 0 Å². The Morgan fingerprint density at radius 2 is 1.70 bits per heavy atom. The standard InChI is InChI=1S/C35H37NO14/c1-14-28(39)19(36-33(44)15-6-3-4-7-16(15)34(45)46)10-23(49-14)50-21-12-35(47,22(38)13-37)11-18-25(21)32(43)27-26(30(18)41)29(40)17-8-5-9-20(48-2)24(17)31(27)42/h5,8-9,14,19,21,23,28,37,39,41,43,47H,3-4,6-7,10-13H2,1-2H3,(H,36,44)(H,45,46)/t14-,19-,21-,23-,28+,35-/m0/s1. The summed E-state index contributed by atoms with van der Waals surface area (Å²) in [5, 5.41) is 67.7. The Morgan fingerprint density at radius 3 is 2.36 bits per heavy atom. The second kappa shape index (κ2) is 13.2. The van der Waals surface area contributed by atoms with Crippen LogP contribution in [0.15, 0.2) is 29.3 Å². The predicted molar refractivity (Wildman–Crippen MR) is 169 cm³/mol. The quantitative estimate of drug-likeness (QED) is 0.163. The molecule has 266 valence electrons. The largest absolute Gasteiger partial charge is 0.507 e. The monoisotopic (exact) mass is 695 g/mol. The van der Waals surface area contributed by atoms with Crippen molar-refractivity contribution in [2.24, 2.45) is 0 Å². The number of carboxylic acids is 1. The minimum atomic E-state index is -2.36. The van der Waals surface area contributed by atoms with Gasteiger partial charge in [0.15, 0.2) is 17.9 Å². The van der Waals surface area contributed by atoms with E-state index < -0.39 is 108 Å². The molecule has 15 nitrogen and oxygen atoms in total. The summed E-state index contributed by atoms with van der Waals surface area (Å²) >= 11 is 0. The first-order valence-corrected chi connectivity index (χ1v) is 16.2. The fourth-order valence-electron chi connectivity index (χ4n) is 7.51. The number of rotatable bonds is 8. The van der Waals surface area contributed by atoms with Gasteiger partial charge in [-0.3, -0.25) is 19.2 Å². The number of methoxy groups -OCH3 is 1. The van der Waals surface area contributed by atoms with Crippen molar-refractivity contribution in [3.63, 3.8) is 0 Å². The zero-order valence-corrected chi connectivity index (χ0v) is 27.2. The summed E-state index contributed by atoms with van der Waals surface area (Å²) in [6.07, 6.45) is -4.78. The maximum absolute atomic E-state index is 13.9. The van der Waals surface area contributed by atoms with Gasteiger partial charge in [-0.2, -0.15) is 0 Å². The number of aromatic hydroxyl groups is 2. The summed E-state index contributed by atoms with van der Waals surface area (Å²) in [5.41, 5.74) is -4.07. The van der Waals surface area contributed by atoms with Crippen molar-refractivity contribution in [2.75, 3.05) is 13.7 Å². The third kappa shape index (κ3) is 5.74. The highest BCUT2D eigenvalue weighted by Gasteiger charge is 2.50. The molecule has 50 heavy (non-hydrogen) atoms. The maximum atomic E-state index is 13.9. The number of fused-ring (bicyclic) bond motifs is 3. The summed E-state index contributed by atoms with van der Waals surface area (Å²) in [7, 11) is 1.30. The van der Waals surface area contributed by atoms with E-state index in [4.69, 9.17) is 14.2 Å². The third-order valence-electron chi connectivity index (χ3n) is 10.1. The molecule has 15 heteroatoms. The highest BCUT2D eigenvalue weighted by molar-refractivity contribution is 6.31. The number of Topliss-reactive ketones (excluding diaryl/α,β-unsaturated/α-hetero) is 1. The van der Waals surface area contributed by atoms with Gasteiger partial charge in [0, 0.05) is 47.1 Å². The number of carbonyl (C=O) groups excluding carboxylic acids is 4. The number of aliphatic hydroxyl groups is 3. The van der Waals surface area contributed by atoms with Crippen molar-refractivity contribution in [1.82, 2.24) is 5.32 Å². The van der Waals surface area contributed by atoms with E-state index in [2.05, 4.69) is 5.32 Å². The van der Waals surface area contributed by atoms with Crippen molar-refractivity contribution < 1.29 is 68.8 Å². The van der Waals surface area contributed by atoms with Crippen LogP contribution in [0.2, 0.25) is 0 Å². The van der Waals surface area contributed by atoms with E-state index >= 15 is 0 Å². The van der Waals surface area contributed by atoms with E-state index in [1.165, 1.54) is 32.2 Å². The first-order valence-electron chi connectivity index (χ1n) is 16.2. The van der Waals surface area contributed by atoms with Crippen LogP contribution in [0.1, 0.15) is 94.5 Å². The number of benzene rings is 2. The summed E-state index contributed by atoms with van der Waals surface area (Å²) in [6, 6.07) is 3.26. The van der Waals surface area contributed by atoms with Crippen LogP contribution in [0.4, 0.5) is 0 Å². The van der Waals surface area contributed by atoms with Gasteiger partial charge >= 0.3 is 5.97 Å². The molecular weight excluding hydrogens is 658 g/mol. The molecule has 6 atom stereocenters. The number of amides is 1. The number of phenols is 2. The highest BCUT2D eigenvalue weighted by atomic mass is 16.7. The van der Waals surface area contributed by atoms with Gasteiger partial charge in [-0.1, -0.05) is 12.1 Å². The molecule has 0 radical (unpaired) electrons. The van der Waals surface area contributed by atoms with Crippen molar-refractivity contribution in [2.45, 2.75) is 88.1 Å². The molecule has 1 amide bonds. The molecule has 1 aliphatic heterocycles. The van der Waals surface area contributed by atoms with Crippen LogP contribution in [0, 0.1) is 0 Å². The molecule has 7 N–H and O–H groups in total. The van der Waals surface area contributed by atoms with Crippen LogP contribution >= 0.6 is 0 Å². The number of hydrogen-bond donors (Lipinski definition) is 7. The Hall–Kier alpha value is -4.67. The number of hydrogen-bond acceptors (Lipinski definition) is 13. The number of aliphatic carboxylic acids is 1. The van der Waals surface area contributed by atoms with Crippen LogP contribution in [0.5, 0.6) is 17.2 Å². The number of aliphatic hydroxyl groups excluding tert-OH is 2. The number of nitrogens with one attached hydrogen (secondary N) is 1. The van der Waals surface area contributed by atoms with Gasteiger partial charge in [0.05, 0.1) is 42.0 Å². The van der Waals surface area contributed by atoms with E-state index in [1.807, 2.05) is 0 Å². The van der Waals surface area contributed by atoms with Crippen molar-refractivity contribution in [3.8, 4) is 17.2 Å². The first kappa shape index (κ1) is 35.2. The fraction of sp³-hybridized carbons (Fsp3) is 0.457. The summed E-state index contributed by atoms with van der Waals surface area (Å²) in [5.74, 6) is -6.03. The second-order valence-corrected chi connectivity index (χ2v) is 13.0. The molecule has 0 spiro atoms. The molecule has 0 unspecified atom stereocenters. The SMILES string of the molecule is COc1cccc2c1C(=O)c1c(O)c3c(c(O)c1C2=O)C[C@@](O)(C(=O)CO)C[C@@H]3O[C@H]1C[C@H](NC(=O)C2=C(C(=O)O)CCCC2)[C@H](O)[C@H](C)O1. The molecule has 4 aliphatic rings. The number of carbonyl (C=O) groups is 5. The maximum Gasteiger partial charge on any atom is 0.332 e. The zero-order chi connectivity index (χ0) is 36.2. The highest BCUT2D eigenvalue weighted by Crippen LogP contribution is 2.52. The Morgan fingerprint density at radius 1 is 1.02 bits per heavy atom. The van der Waals surface area contributed by atoms with E-state index in [9.17, 15) is 54.6 Å².